The monoisotopic (exact) mass is 520 g/mol. The van der Waals surface area contributed by atoms with Crippen molar-refractivity contribution in [3.63, 3.8) is 0 Å². The number of carbonyl (C=O) groups excluding carboxylic acids is 2. The molecule has 0 bridgehead atoms. The van der Waals surface area contributed by atoms with Crippen LogP contribution in [0.15, 0.2) is 65.8 Å². The molecule has 0 aliphatic carbocycles. The van der Waals surface area contributed by atoms with Gasteiger partial charge in [0.2, 0.25) is 5.75 Å². The van der Waals surface area contributed by atoms with E-state index >= 15 is 0 Å². The Hall–Kier alpha value is -4.53. The third-order valence-electron chi connectivity index (χ3n) is 5.48. The highest BCUT2D eigenvalue weighted by atomic mass is 16.5. The molecule has 3 aromatic rings. The van der Waals surface area contributed by atoms with E-state index in [9.17, 15) is 9.59 Å². The van der Waals surface area contributed by atoms with Gasteiger partial charge in [0.15, 0.2) is 18.1 Å². The summed E-state index contributed by atoms with van der Waals surface area (Å²) in [5, 5.41) is 3.94. The van der Waals surface area contributed by atoms with Crippen LogP contribution in [0.25, 0.3) is 0 Å². The molecule has 3 rings (SSSR count). The zero-order valence-corrected chi connectivity index (χ0v) is 22.4. The van der Waals surface area contributed by atoms with Gasteiger partial charge in [-0.15, -0.1) is 0 Å². The Bertz CT molecular complexity index is 1250. The molecule has 9 heteroatoms. The highest BCUT2D eigenvalue weighted by molar-refractivity contribution is 5.93. The van der Waals surface area contributed by atoms with Gasteiger partial charge in [0.25, 0.3) is 5.91 Å². The van der Waals surface area contributed by atoms with E-state index in [-0.39, 0.29) is 17.6 Å². The van der Waals surface area contributed by atoms with Gasteiger partial charge in [0.05, 0.1) is 33.1 Å². The van der Waals surface area contributed by atoms with Gasteiger partial charge in [0, 0.05) is 0 Å². The van der Waals surface area contributed by atoms with Crippen LogP contribution >= 0.6 is 0 Å². The summed E-state index contributed by atoms with van der Waals surface area (Å²) >= 11 is 0. The molecule has 0 spiro atoms. The van der Waals surface area contributed by atoms with E-state index in [2.05, 4.69) is 31.3 Å². The smallest absolute Gasteiger partial charge is 0.343 e. The first kappa shape index (κ1) is 28.0. The number of esters is 1. The molecule has 0 aromatic heterocycles. The van der Waals surface area contributed by atoms with Crippen molar-refractivity contribution < 1.29 is 33.3 Å². The number of ether oxygens (including phenoxy) is 5. The first-order chi connectivity index (χ1) is 18.1. The second-order valence-electron chi connectivity index (χ2n) is 9.23. The fourth-order valence-corrected chi connectivity index (χ4v) is 3.40. The van der Waals surface area contributed by atoms with E-state index in [0.717, 1.165) is 0 Å². The number of nitrogens with one attached hydrogen (secondary N) is 1. The molecule has 3 aromatic carbocycles. The van der Waals surface area contributed by atoms with Crippen LogP contribution in [-0.4, -0.2) is 46.0 Å². The maximum Gasteiger partial charge on any atom is 0.343 e. The number of hydrogen-bond donors (Lipinski definition) is 1. The van der Waals surface area contributed by atoms with E-state index in [4.69, 9.17) is 23.7 Å². The first-order valence-electron chi connectivity index (χ1n) is 11.8. The predicted octanol–water partition coefficient (Wildman–Crippen LogP) is 4.76. The normalized spacial score (nSPS) is 11.1. The minimum absolute atomic E-state index is 0.0449. The fraction of sp³-hybridized carbons (Fsp3) is 0.276. The van der Waals surface area contributed by atoms with Gasteiger partial charge in [-0.2, -0.15) is 5.10 Å². The van der Waals surface area contributed by atoms with Crippen molar-refractivity contribution in [2.45, 2.75) is 26.2 Å². The zero-order valence-electron chi connectivity index (χ0n) is 22.4. The lowest BCUT2D eigenvalue weighted by molar-refractivity contribution is -0.123. The number of nitrogens with zero attached hydrogens (tertiary/aromatic N) is 1. The number of rotatable bonds is 10. The van der Waals surface area contributed by atoms with Crippen molar-refractivity contribution in [1.82, 2.24) is 5.43 Å². The van der Waals surface area contributed by atoms with Gasteiger partial charge in [-0.25, -0.2) is 10.2 Å². The number of amides is 1. The molecule has 1 N–H and O–H groups in total. The molecule has 0 atom stereocenters. The summed E-state index contributed by atoms with van der Waals surface area (Å²) in [7, 11) is 4.41. The topological polar surface area (TPSA) is 105 Å². The minimum atomic E-state index is -0.592. The molecule has 1 amide bonds. The number of hydrazone groups is 1. The summed E-state index contributed by atoms with van der Waals surface area (Å²) in [6.07, 6.45) is 1.47. The Morgan fingerprint density at radius 2 is 1.42 bits per heavy atom. The minimum Gasteiger partial charge on any atom is -0.493 e. The lowest BCUT2D eigenvalue weighted by Crippen LogP contribution is -2.24. The largest absolute Gasteiger partial charge is 0.493 e. The van der Waals surface area contributed by atoms with Crippen LogP contribution in [-0.2, 0) is 10.2 Å². The average Bonchev–Trinajstić information content (AvgIpc) is 2.91. The third kappa shape index (κ3) is 7.49. The highest BCUT2D eigenvalue weighted by Gasteiger charge is 2.18. The fourth-order valence-electron chi connectivity index (χ4n) is 3.40. The van der Waals surface area contributed by atoms with E-state index in [1.807, 2.05) is 24.3 Å². The van der Waals surface area contributed by atoms with Crippen LogP contribution in [0.3, 0.4) is 0 Å². The van der Waals surface area contributed by atoms with Crippen molar-refractivity contribution in [2.24, 2.45) is 5.10 Å². The molecule has 9 nitrogen and oxygen atoms in total. The van der Waals surface area contributed by atoms with Crippen molar-refractivity contribution >= 4 is 18.1 Å². The van der Waals surface area contributed by atoms with Crippen LogP contribution in [0.4, 0.5) is 0 Å². The van der Waals surface area contributed by atoms with E-state index in [1.165, 1.54) is 45.2 Å². The molecular formula is C29H32N2O7. The number of methoxy groups -OCH3 is 3. The summed E-state index contributed by atoms with van der Waals surface area (Å²) in [5.74, 6) is 1.02. The lowest BCUT2D eigenvalue weighted by atomic mass is 9.87. The van der Waals surface area contributed by atoms with Gasteiger partial charge in [0.1, 0.15) is 11.5 Å². The molecule has 0 aliphatic heterocycles. The SMILES string of the molecule is COc1cc(C(=O)Oc2ccc(/C=N\NC(=O)COc3ccc(C(C)(C)C)cc3)cc2)cc(OC)c1OC. The van der Waals surface area contributed by atoms with Gasteiger partial charge in [-0.3, -0.25) is 4.79 Å². The maximum absolute atomic E-state index is 12.6. The Labute approximate surface area is 222 Å². The zero-order chi connectivity index (χ0) is 27.7. The predicted molar refractivity (Wildman–Crippen MR) is 144 cm³/mol. The molecule has 0 aliphatic rings. The van der Waals surface area contributed by atoms with Gasteiger partial charge in [-0.1, -0.05) is 32.9 Å². The Balaban J connectivity index is 1.51. The van der Waals surface area contributed by atoms with Crippen LogP contribution < -0.4 is 29.1 Å². The van der Waals surface area contributed by atoms with Crippen molar-refractivity contribution in [2.75, 3.05) is 27.9 Å². The molecule has 0 saturated heterocycles. The van der Waals surface area contributed by atoms with Gasteiger partial charge >= 0.3 is 5.97 Å². The average molecular weight is 521 g/mol. The summed E-state index contributed by atoms with van der Waals surface area (Å²) in [5.41, 5.74) is 4.58. The van der Waals surface area contributed by atoms with Crippen molar-refractivity contribution in [1.29, 1.82) is 0 Å². The maximum atomic E-state index is 12.6. The summed E-state index contributed by atoms with van der Waals surface area (Å²) in [6, 6.07) is 17.3. The highest BCUT2D eigenvalue weighted by Crippen LogP contribution is 2.38. The molecule has 200 valence electrons. The Morgan fingerprint density at radius 1 is 0.842 bits per heavy atom. The third-order valence-corrected chi connectivity index (χ3v) is 5.48. The Kier molecular flexibility index (Phi) is 9.32. The van der Waals surface area contributed by atoms with Crippen LogP contribution in [0.2, 0.25) is 0 Å². The van der Waals surface area contributed by atoms with Crippen LogP contribution in [0.5, 0.6) is 28.7 Å². The second-order valence-corrected chi connectivity index (χ2v) is 9.23. The molecule has 0 unspecified atom stereocenters. The standard InChI is InChI=1S/C29H32N2O7/c1-29(2,3)21-9-13-22(14-10-21)37-18-26(32)31-30-17-19-7-11-23(12-8-19)38-28(33)20-15-24(34-4)27(36-6)25(16-20)35-5/h7-17H,18H2,1-6H3,(H,31,32)/b30-17-. The van der Waals surface area contributed by atoms with E-state index in [1.54, 1.807) is 24.3 Å². The molecular weight excluding hydrogens is 488 g/mol. The molecule has 0 saturated carbocycles. The van der Waals surface area contributed by atoms with Crippen molar-refractivity contribution in [3.8, 4) is 28.7 Å². The van der Waals surface area contributed by atoms with Crippen LogP contribution in [0, 0.1) is 0 Å². The lowest BCUT2D eigenvalue weighted by Gasteiger charge is -2.19. The molecule has 38 heavy (non-hydrogen) atoms. The first-order valence-corrected chi connectivity index (χ1v) is 11.8. The van der Waals surface area contributed by atoms with E-state index < -0.39 is 11.9 Å². The molecule has 0 radical (unpaired) electrons. The van der Waals surface area contributed by atoms with Crippen molar-refractivity contribution in [3.05, 3.63) is 77.4 Å². The van der Waals surface area contributed by atoms with E-state index in [0.29, 0.717) is 34.3 Å². The second kappa shape index (κ2) is 12.6. The summed E-state index contributed by atoms with van der Waals surface area (Å²) < 4.78 is 26.8. The summed E-state index contributed by atoms with van der Waals surface area (Å²) in [4.78, 5) is 24.7. The van der Waals surface area contributed by atoms with Crippen LogP contribution in [0.1, 0.15) is 42.3 Å². The Morgan fingerprint density at radius 3 is 1.95 bits per heavy atom. The molecule has 0 heterocycles. The number of hydrogen-bond acceptors (Lipinski definition) is 8. The summed E-state index contributed by atoms with van der Waals surface area (Å²) in [6.45, 7) is 6.23. The van der Waals surface area contributed by atoms with Gasteiger partial charge < -0.3 is 23.7 Å². The number of carbonyl (C=O) groups is 2. The molecule has 0 fully saturated rings. The van der Waals surface area contributed by atoms with Gasteiger partial charge in [-0.05, 0) is 65.1 Å². The quantitative estimate of drug-likeness (QED) is 0.178. The number of benzene rings is 3.